The molecule has 0 atom stereocenters. The summed E-state index contributed by atoms with van der Waals surface area (Å²) in [6.45, 7) is 1.02. The third-order valence-electron chi connectivity index (χ3n) is 1.98. The average molecular weight is 249 g/mol. The zero-order chi connectivity index (χ0) is 13.4. The molecule has 0 radical (unpaired) electrons. The standard InChI is InChI=1S/C9H6F3NO4/c1-4(14)5-2-6(13(16)17)8(7(15)3-5)9(10,11)12/h2-3,15H,1H3. The first kappa shape index (κ1) is 12.9. The maximum absolute atomic E-state index is 12.5. The highest BCUT2D eigenvalue weighted by molar-refractivity contribution is 5.95. The fourth-order valence-corrected chi connectivity index (χ4v) is 1.25. The fraction of sp³-hybridized carbons (Fsp3) is 0.222. The van der Waals surface area contributed by atoms with Crippen LogP contribution in [-0.4, -0.2) is 15.8 Å². The van der Waals surface area contributed by atoms with Gasteiger partial charge in [-0.3, -0.25) is 14.9 Å². The van der Waals surface area contributed by atoms with Crippen molar-refractivity contribution in [2.75, 3.05) is 0 Å². The fourth-order valence-electron chi connectivity index (χ4n) is 1.25. The van der Waals surface area contributed by atoms with E-state index >= 15 is 0 Å². The summed E-state index contributed by atoms with van der Waals surface area (Å²) in [4.78, 5) is 20.1. The number of ketones is 1. The molecule has 0 aromatic heterocycles. The van der Waals surface area contributed by atoms with Crippen LogP contribution >= 0.6 is 0 Å². The molecule has 0 saturated carbocycles. The number of benzene rings is 1. The van der Waals surface area contributed by atoms with Crippen molar-refractivity contribution in [2.45, 2.75) is 13.1 Å². The van der Waals surface area contributed by atoms with Gasteiger partial charge in [-0.2, -0.15) is 13.2 Å². The van der Waals surface area contributed by atoms with Gasteiger partial charge in [-0.25, -0.2) is 0 Å². The van der Waals surface area contributed by atoms with Crippen molar-refractivity contribution < 1.29 is 28.0 Å². The highest BCUT2D eigenvalue weighted by Gasteiger charge is 2.42. The zero-order valence-corrected chi connectivity index (χ0v) is 8.41. The van der Waals surface area contributed by atoms with Gasteiger partial charge in [0.15, 0.2) is 11.3 Å². The monoisotopic (exact) mass is 249 g/mol. The number of hydrogen-bond acceptors (Lipinski definition) is 4. The van der Waals surface area contributed by atoms with Crippen molar-refractivity contribution in [3.8, 4) is 5.75 Å². The summed E-state index contributed by atoms with van der Waals surface area (Å²) in [5.41, 5.74) is -3.46. The Bertz CT molecular complexity index is 496. The van der Waals surface area contributed by atoms with Gasteiger partial charge in [0.2, 0.25) is 0 Å². The first-order valence-electron chi connectivity index (χ1n) is 4.24. The Morgan fingerprint density at radius 3 is 2.29 bits per heavy atom. The highest BCUT2D eigenvalue weighted by atomic mass is 19.4. The second kappa shape index (κ2) is 4.04. The average Bonchev–Trinajstić information content (AvgIpc) is 2.13. The quantitative estimate of drug-likeness (QED) is 0.496. The Morgan fingerprint density at radius 2 is 1.94 bits per heavy atom. The molecule has 17 heavy (non-hydrogen) atoms. The normalized spacial score (nSPS) is 11.3. The summed E-state index contributed by atoms with van der Waals surface area (Å²) in [6, 6.07) is 1.04. The Morgan fingerprint density at radius 1 is 1.41 bits per heavy atom. The number of halogens is 3. The van der Waals surface area contributed by atoms with Crippen molar-refractivity contribution in [1.82, 2.24) is 0 Å². The highest BCUT2D eigenvalue weighted by Crippen LogP contribution is 2.42. The zero-order valence-electron chi connectivity index (χ0n) is 8.41. The number of rotatable bonds is 2. The second-order valence-electron chi connectivity index (χ2n) is 3.20. The third-order valence-corrected chi connectivity index (χ3v) is 1.98. The SMILES string of the molecule is CC(=O)c1cc(O)c(C(F)(F)F)c([N+](=O)[O-])c1. The molecule has 92 valence electrons. The maximum atomic E-state index is 12.5. The van der Waals surface area contributed by atoms with E-state index in [4.69, 9.17) is 5.11 Å². The Labute approximate surface area is 92.6 Å². The van der Waals surface area contributed by atoms with E-state index in [0.29, 0.717) is 12.1 Å². The molecule has 0 aliphatic rings. The predicted molar refractivity (Wildman–Crippen MR) is 49.8 cm³/mol. The Balaban J connectivity index is 3.61. The van der Waals surface area contributed by atoms with Crippen molar-refractivity contribution >= 4 is 11.5 Å². The molecule has 1 rings (SSSR count). The third kappa shape index (κ3) is 2.52. The van der Waals surface area contributed by atoms with Crippen LogP contribution < -0.4 is 0 Å². The van der Waals surface area contributed by atoms with E-state index in [1.54, 1.807) is 0 Å². The molecule has 1 aromatic carbocycles. The summed E-state index contributed by atoms with van der Waals surface area (Å²) in [6.07, 6.45) is -5.07. The van der Waals surface area contributed by atoms with E-state index in [-0.39, 0.29) is 5.56 Å². The number of nitro groups is 1. The lowest BCUT2D eigenvalue weighted by molar-refractivity contribution is -0.388. The lowest BCUT2D eigenvalue weighted by Crippen LogP contribution is -2.10. The van der Waals surface area contributed by atoms with Gasteiger partial charge in [0.05, 0.1) is 4.92 Å². The van der Waals surface area contributed by atoms with Gasteiger partial charge in [-0.1, -0.05) is 0 Å². The summed E-state index contributed by atoms with van der Waals surface area (Å²) in [7, 11) is 0. The molecule has 0 amide bonds. The van der Waals surface area contributed by atoms with Crippen LogP contribution in [0.4, 0.5) is 18.9 Å². The van der Waals surface area contributed by atoms with Crippen LogP contribution in [0.5, 0.6) is 5.75 Å². The molecular weight excluding hydrogens is 243 g/mol. The number of Topliss-reactive ketones (excluding diaryl/α,β-unsaturated/α-hetero) is 1. The lowest BCUT2D eigenvalue weighted by Gasteiger charge is -2.10. The Hall–Kier alpha value is -2.12. The molecular formula is C9H6F3NO4. The molecule has 0 unspecified atom stereocenters. The number of phenols is 1. The molecule has 8 heteroatoms. The minimum absolute atomic E-state index is 0.359. The van der Waals surface area contributed by atoms with Gasteiger partial charge >= 0.3 is 6.18 Å². The summed E-state index contributed by atoms with van der Waals surface area (Å²) in [5.74, 6) is -2.02. The van der Waals surface area contributed by atoms with E-state index in [2.05, 4.69) is 0 Å². The topological polar surface area (TPSA) is 80.4 Å². The maximum Gasteiger partial charge on any atom is 0.426 e. The molecule has 5 nitrogen and oxygen atoms in total. The first-order chi connectivity index (χ1) is 7.64. The van der Waals surface area contributed by atoms with E-state index in [1.807, 2.05) is 0 Å². The van der Waals surface area contributed by atoms with Crippen molar-refractivity contribution in [3.05, 3.63) is 33.4 Å². The minimum Gasteiger partial charge on any atom is -0.507 e. The second-order valence-corrected chi connectivity index (χ2v) is 3.20. The number of aromatic hydroxyl groups is 1. The first-order valence-corrected chi connectivity index (χ1v) is 4.24. The number of carbonyl (C=O) groups excluding carboxylic acids is 1. The summed E-state index contributed by atoms with van der Waals surface area (Å²) >= 11 is 0. The predicted octanol–water partition coefficient (Wildman–Crippen LogP) is 2.52. The smallest absolute Gasteiger partial charge is 0.426 e. The largest absolute Gasteiger partial charge is 0.507 e. The Kier molecular flexibility index (Phi) is 3.08. The van der Waals surface area contributed by atoms with Crippen molar-refractivity contribution in [1.29, 1.82) is 0 Å². The number of carbonyl (C=O) groups is 1. The van der Waals surface area contributed by atoms with Crippen LogP contribution in [0.25, 0.3) is 0 Å². The van der Waals surface area contributed by atoms with Gasteiger partial charge in [-0.05, 0) is 13.0 Å². The van der Waals surface area contributed by atoms with Crippen LogP contribution in [0, 0.1) is 10.1 Å². The number of phenolic OH excluding ortho intramolecular Hbond substituents is 1. The molecule has 0 heterocycles. The van der Waals surface area contributed by atoms with E-state index in [0.717, 1.165) is 6.92 Å². The molecule has 0 fully saturated rings. The lowest BCUT2D eigenvalue weighted by atomic mass is 10.0. The number of hydrogen-bond donors (Lipinski definition) is 1. The molecule has 1 aromatic rings. The van der Waals surface area contributed by atoms with Crippen molar-refractivity contribution in [2.24, 2.45) is 0 Å². The van der Waals surface area contributed by atoms with Gasteiger partial charge in [-0.15, -0.1) is 0 Å². The summed E-state index contributed by atoms with van der Waals surface area (Å²) < 4.78 is 37.4. The van der Waals surface area contributed by atoms with Crippen molar-refractivity contribution in [3.63, 3.8) is 0 Å². The van der Waals surface area contributed by atoms with Crippen LogP contribution in [0.3, 0.4) is 0 Å². The molecule has 0 saturated heterocycles. The molecule has 1 N–H and O–H groups in total. The van der Waals surface area contributed by atoms with Crippen LogP contribution in [0.1, 0.15) is 22.8 Å². The molecule has 0 spiro atoms. The molecule has 0 aliphatic heterocycles. The summed E-state index contributed by atoms with van der Waals surface area (Å²) in [5, 5.41) is 19.6. The van der Waals surface area contributed by atoms with Crippen LogP contribution in [0.2, 0.25) is 0 Å². The van der Waals surface area contributed by atoms with Crippen LogP contribution in [-0.2, 0) is 6.18 Å². The number of nitrogens with zero attached hydrogens (tertiary/aromatic N) is 1. The van der Waals surface area contributed by atoms with E-state index < -0.39 is 33.9 Å². The van der Waals surface area contributed by atoms with E-state index in [1.165, 1.54) is 0 Å². The van der Waals surface area contributed by atoms with Gasteiger partial charge in [0.25, 0.3) is 5.69 Å². The number of alkyl halides is 3. The molecule has 0 bridgehead atoms. The number of nitro benzene ring substituents is 1. The molecule has 0 aliphatic carbocycles. The van der Waals surface area contributed by atoms with Gasteiger partial charge in [0, 0.05) is 11.6 Å². The van der Waals surface area contributed by atoms with Gasteiger partial charge in [0.1, 0.15) is 5.75 Å². The van der Waals surface area contributed by atoms with Crippen LogP contribution in [0.15, 0.2) is 12.1 Å². The van der Waals surface area contributed by atoms with Gasteiger partial charge < -0.3 is 5.11 Å². The van der Waals surface area contributed by atoms with E-state index in [9.17, 15) is 28.1 Å². The minimum atomic E-state index is -5.07.